The minimum absolute atomic E-state index is 0.164. The number of benzene rings is 1. The van der Waals surface area contributed by atoms with Crippen molar-refractivity contribution in [1.82, 2.24) is 15.3 Å². The maximum Gasteiger partial charge on any atom is 0.244 e. The Kier molecular flexibility index (Phi) is 4.53. The molecule has 0 saturated carbocycles. The van der Waals surface area contributed by atoms with E-state index in [1.165, 1.54) is 0 Å². The summed E-state index contributed by atoms with van der Waals surface area (Å²) in [4.78, 5) is 19.3. The molecule has 0 spiro atoms. The average Bonchev–Trinajstić information content (AvgIpc) is 2.97. The maximum absolute atomic E-state index is 12.2. The first kappa shape index (κ1) is 14.3. The van der Waals surface area contributed by atoms with Crippen molar-refractivity contribution in [2.24, 2.45) is 5.73 Å². The second-order valence-corrected chi connectivity index (χ2v) is 4.96. The molecule has 0 fully saturated rings. The molecule has 1 atom stereocenters. The lowest BCUT2D eigenvalue weighted by molar-refractivity contribution is -0.126. The Balaban J connectivity index is 1.82. The Bertz CT molecular complexity index is 534. The van der Waals surface area contributed by atoms with Crippen LogP contribution in [-0.2, 0) is 16.8 Å². The van der Waals surface area contributed by atoms with Gasteiger partial charge in [0.05, 0.1) is 0 Å². The van der Waals surface area contributed by atoms with Crippen molar-refractivity contribution < 1.29 is 4.79 Å². The lowest BCUT2D eigenvalue weighted by Crippen LogP contribution is -2.49. The van der Waals surface area contributed by atoms with E-state index in [0.717, 1.165) is 24.2 Å². The van der Waals surface area contributed by atoms with Crippen molar-refractivity contribution in [2.75, 3.05) is 6.54 Å². The van der Waals surface area contributed by atoms with Crippen molar-refractivity contribution in [3.8, 4) is 0 Å². The van der Waals surface area contributed by atoms with E-state index in [1.807, 2.05) is 30.3 Å². The number of nitrogens with one attached hydrogen (secondary N) is 2. The molecule has 4 N–H and O–H groups in total. The molecule has 5 heteroatoms. The van der Waals surface area contributed by atoms with Gasteiger partial charge in [0.1, 0.15) is 11.4 Å². The number of carbonyl (C=O) groups excluding carboxylic acids is 1. The van der Waals surface area contributed by atoms with Gasteiger partial charge in [0.15, 0.2) is 0 Å². The molecule has 5 nitrogen and oxygen atoms in total. The normalized spacial score (nSPS) is 13.7. The number of nitrogens with zero attached hydrogens (tertiary/aromatic N) is 1. The van der Waals surface area contributed by atoms with E-state index in [0.29, 0.717) is 6.54 Å². The van der Waals surface area contributed by atoms with Crippen LogP contribution in [0.25, 0.3) is 0 Å². The molecule has 20 heavy (non-hydrogen) atoms. The van der Waals surface area contributed by atoms with E-state index in [1.54, 1.807) is 19.3 Å². The topological polar surface area (TPSA) is 83.8 Å². The lowest BCUT2D eigenvalue weighted by atomic mass is 9.92. The molecule has 1 aromatic carbocycles. The summed E-state index contributed by atoms with van der Waals surface area (Å²) < 4.78 is 0. The van der Waals surface area contributed by atoms with Gasteiger partial charge in [-0.2, -0.15) is 0 Å². The number of aromatic amines is 1. The molecule has 1 aromatic heterocycles. The molecule has 106 valence electrons. The van der Waals surface area contributed by atoms with Crippen LogP contribution in [0.5, 0.6) is 0 Å². The van der Waals surface area contributed by atoms with Crippen LogP contribution >= 0.6 is 0 Å². The summed E-state index contributed by atoms with van der Waals surface area (Å²) in [7, 11) is 0. The smallest absolute Gasteiger partial charge is 0.244 e. The van der Waals surface area contributed by atoms with E-state index in [4.69, 9.17) is 5.73 Å². The van der Waals surface area contributed by atoms with E-state index >= 15 is 0 Å². The molecule has 1 unspecified atom stereocenters. The van der Waals surface area contributed by atoms with E-state index in [2.05, 4.69) is 15.3 Å². The van der Waals surface area contributed by atoms with Gasteiger partial charge in [-0.3, -0.25) is 4.79 Å². The summed E-state index contributed by atoms with van der Waals surface area (Å²) in [5.41, 5.74) is 5.93. The highest BCUT2D eigenvalue weighted by molar-refractivity contribution is 5.86. The fourth-order valence-electron chi connectivity index (χ4n) is 1.99. The SMILES string of the molecule is CC(N)(C(=O)NCCCc1ncc[nH]1)c1ccccc1. The number of H-pyrrole nitrogens is 1. The highest BCUT2D eigenvalue weighted by atomic mass is 16.2. The Labute approximate surface area is 118 Å². The Hall–Kier alpha value is -2.14. The molecular formula is C15H20N4O. The largest absolute Gasteiger partial charge is 0.354 e. The summed E-state index contributed by atoms with van der Waals surface area (Å²) in [6, 6.07) is 9.39. The third-order valence-corrected chi connectivity index (χ3v) is 3.28. The molecule has 0 aliphatic carbocycles. The van der Waals surface area contributed by atoms with E-state index < -0.39 is 5.54 Å². The highest BCUT2D eigenvalue weighted by Gasteiger charge is 2.29. The lowest BCUT2D eigenvalue weighted by Gasteiger charge is -2.24. The molecule has 1 heterocycles. The standard InChI is InChI=1S/C15H20N4O/c1-15(16,12-6-3-2-4-7-12)14(20)19-9-5-8-13-17-10-11-18-13/h2-4,6-7,10-11H,5,8-9,16H2,1H3,(H,17,18)(H,19,20). The van der Waals surface area contributed by atoms with E-state index in [-0.39, 0.29) is 5.91 Å². The fraction of sp³-hybridized carbons (Fsp3) is 0.333. The van der Waals surface area contributed by atoms with E-state index in [9.17, 15) is 4.79 Å². The van der Waals surface area contributed by atoms with Crippen LogP contribution in [0.1, 0.15) is 24.7 Å². The second-order valence-electron chi connectivity index (χ2n) is 4.96. The number of carbonyl (C=O) groups is 1. The number of aromatic nitrogens is 2. The zero-order valence-corrected chi connectivity index (χ0v) is 11.6. The van der Waals surface area contributed by atoms with Crippen LogP contribution < -0.4 is 11.1 Å². The summed E-state index contributed by atoms with van der Waals surface area (Å²) in [6.07, 6.45) is 5.14. The first-order chi connectivity index (χ1) is 9.60. The van der Waals surface area contributed by atoms with Crippen LogP contribution in [-0.4, -0.2) is 22.4 Å². The van der Waals surface area contributed by atoms with Crippen molar-refractivity contribution in [2.45, 2.75) is 25.3 Å². The zero-order chi connectivity index (χ0) is 14.4. The average molecular weight is 272 g/mol. The predicted molar refractivity (Wildman–Crippen MR) is 77.9 cm³/mol. The molecule has 1 amide bonds. The molecular weight excluding hydrogens is 252 g/mol. The minimum atomic E-state index is -1.01. The molecule has 2 aromatic rings. The molecule has 0 aliphatic heterocycles. The van der Waals surface area contributed by atoms with Crippen LogP contribution in [0.15, 0.2) is 42.7 Å². The first-order valence-electron chi connectivity index (χ1n) is 6.71. The number of rotatable bonds is 6. The summed E-state index contributed by atoms with van der Waals surface area (Å²) >= 11 is 0. The Morgan fingerprint density at radius 3 is 2.80 bits per heavy atom. The van der Waals surface area contributed by atoms with Gasteiger partial charge >= 0.3 is 0 Å². The second kappa shape index (κ2) is 6.34. The number of hydrogen-bond donors (Lipinski definition) is 3. The third kappa shape index (κ3) is 3.45. The molecule has 0 saturated heterocycles. The quantitative estimate of drug-likeness (QED) is 0.694. The van der Waals surface area contributed by atoms with Gasteiger partial charge in [0.2, 0.25) is 5.91 Å². The number of nitrogens with two attached hydrogens (primary N) is 1. The Morgan fingerprint density at radius 1 is 1.40 bits per heavy atom. The number of hydrogen-bond acceptors (Lipinski definition) is 3. The summed E-state index contributed by atoms with van der Waals surface area (Å²) in [5.74, 6) is 0.765. The van der Waals surface area contributed by atoms with Gasteiger partial charge in [0, 0.05) is 25.4 Å². The van der Waals surface area contributed by atoms with Gasteiger partial charge in [-0.1, -0.05) is 30.3 Å². The third-order valence-electron chi connectivity index (χ3n) is 3.28. The highest BCUT2D eigenvalue weighted by Crippen LogP contribution is 2.17. The maximum atomic E-state index is 12.2. The molecule has 2 rings (SSSR count). The van der Waals surface area contributed by atoms with Gasteiger partial charge in [0.25, 0.3) is 0 Å². The monoisotopic (exact) mass is 272 g/mol. The van der Waals surface area contributed by atoms with Crippen LogP contribution in [0.2, 0.25) is 0 Å². The van der Waals surface area contributed by atoms with Gasteiger partial charge < -0.3 is 16.0 Å². The summed E-state index contributed by atoms with van der Waals surface area (Å²) in [6.45, 7) is 2.31. The van der Waals surface area contributed by atoms with Crippen molar-refractivity contribution in [3.05, 3.63) is 54.1 Å². The summed E-state index contributed by atoms with van der Waals surface area (Å²) in [5, 5.41) is 2.88. The van der Waals surface area contributed by atoms with Crippen molar-refractivity contribution in [3.63, 3.8) is 0 Å². The van der Waals surface area contributed by atoms with Gasteiger partial charge in [-0.05, 0) is 18.9 Å². The number of imidazole rings is 1. The minimum Gasteiger partial charge on any atom is -0.354 e. The fourth-order valence-corrected chi connectivity index (χ4v) is 1.99. The van der Waals surface area contributed by atoms with Crippen molar-refractivity contribution >= 4 is 5.91 Å². The molecule has 0 bridgehead atoms. The first-order valence-corrected chi connectivity index (χ1v) is 6.71. The molecule has 0 radical (unpaired) electrons. The zero-order valence-electron chi connectivity index (χ0n) is 11.6. The van der Waals surface area contributed by atoms with Crippen LogP contribution in [0.3, 0.4) is 0 Å². The predicted octanol–water partition coefficient (Wildman–Crippen LogP) is 1.33. The Morgan fingerprint density at radius 2 is 2.15 bits per heavy atom. The van der Waals surface area contributed by atoms with Crippen molar-refractivity contribution in [1.29, 1.82) is 0 Å². The van der Waals surface area contributed by atoms with Gasteiger partial charge in [-0.15, -0.1) is 0 Å². The van der Waals surface area contributed by atoms with Crippen LogP contribution in [0.4, 0.5) is 0 Å². The van der Waals surface area contributed by atoms with Crippen LogP contribution in [0, 0.1) is 0 Å². The molecule has 0 aliphatic rings. The number of amides is 1. The van der Waals surface area contributed by atoms with Gasteiger partial charge in [-0.25, -0.2) is 4.98 Å². The number of aryl methyl sites for hydroxylation is 1.